The third-order valence-corrected chi connectivity index (χ3v) is 6.50. The summed E-state index contributed by atoms with van der Waals surface area (Å²) in [5.41, 5.74) is 0. The maximum atomic E-state index is 11.7. The number of rotatable bonds is 6. The summed E-state index contributed by atoms with van der Waals surface area (Å²) < 4.78 is 47.7. The molecule has 3 N–H and O–H groups in total. The van der Waals surface area contributed by atoms with Gasteiger partial charge in [0.2, 0.25) is 10.0 Å². The number of carboxylic acids is 1. The van der Waals surface area contributed by atoms with E-state index in [1.54, 1.807) is 0 Å². The maximum absolute atomic E-state index is 11.7. The van der Waals surface area contributed by atoms with Gasteiger partial charge in [0.1, 0.15) is 0 Å². The molecule has 0 aliphatic carbocycles. The summed E-state index contributed by atoms with van der Waals surface area (Å²) in [6.45, 7) is -0.244. The fourth-order valence-corrected chi connectivity index (χ4v) is 5.68. The van der Waals surface area contributed by atoms with Crippen LogP contribution in [0.2, 0.25) is 0 Å². The molecule has 0 bridgehead atoms. The maximum Gasteiger partial charge on any atom is 0.332 e. The van der Waals surface area contributed by atoms with Crippen molar-refractivity contribution in [2.75, 3.05) is 18.1 Å². The van der Waals surface area contributed by atoms with Crippen LogP contribution in [0.25, 0.3) is 0 Å². The Kier molecular flexibility index (Phi) is 4.70. The summed E-state index contributed by atoms with van der Waals surface area (Å²) in [6.07, 6.45) is -1.87. The summed E-state index contributed by atoms with van der Waals surface area (Å²) in [5.74, 6) is -2.00. The highest BCUT2D eigenvalue weighted by atomic mass is 32.2. The van der Waals surface area contributed by atoms with Crippen molar-refractivity contribution in [1.82, 2.24) is 4.72 Å². The smallest absolute Gasteiger partial charge is 0.332 e. The summed E-state index contributed by atoms with van der Waals surface area (Å²) >= 11 is 0. The van der Waals surface area contributed by atoms with Gasteiger partial charge in [-0.05, 0) is 12.8 Å². The third kappa shape index (κ3) is 4.19. The number of nitrogens with one attached hydrogen (secondary N) is 1. The molecule has 0 spiro atoms. The monoisotopic (exact) mass is 301 g/mol. The van der Waals surface area contributed by atoms with Crippen molar-refractivity contribution in [3.05, 3.63) is 0 Å². The first-order chi connectivity index (χ1) is 8.14. The SMILES string of the molecule is O=C(O)[C@@H](O)CCNS(=O)(=O)C1CCS(=O)(=O)C1. The Morgan fingerprint density at radius 1 is 1.44 bits per heavy atom. The van der Waals surface area contributed by atoms with Gasteiger partial charge in [0.25, 0.3) is 0 Å². The minimum atomic E-state index is -3.79. The molecule has 1 aliphatic heterocycles. The van der Waals surface area contributed by atoms with Crippen LogP contribution in [0, 0.1) is 0 Å². The first-order valence-corrected chi connectivity index (χ1v) is 8.60. The Morgan fingerprint density at radius 2 is 2.06 bits per heavy atom. The van der Waals surface area contributed by atoms with Gasteiger partial charge in [-0.2, -0.15) is 0 Å². The second-order valence-electron chi connectivity index (χ2n) is 4.11. The molecule has 10 heteroatoms. The molecule has 0 aromatic carbocycles. The third-order valence-electron chi connectivity index (χ3n) is 2.64. The van der Waals surface area contributed by atoms with Crippen molar-refractivity contribution in [3.8, 4) is 0 Å². The predicted octanol–water partition coefficient (Wildman–Crippen LogP) is -2.07. The van der Waals surface area contributed by atoms with Crippen LogP contribution in [-0.4, -0.2) is 62.4 Å². The number of carbonyl (C=O) groups is 1. The van der Waals surface area contributed by atoms with Gasteiger partial charge in [-0.1, -0.05) is 0 Å². The Morgan fingerprint density at radius 3 is 2.50 bits per heavy atom. The molecule has 8 nitrogen and oxygen atoms in total. The van der Waals surface area contributed by atoms with Gasteiger partial charge in [0.15, 0.2) is 15.9 Å². The van der Waals surface area contributed by atoms with E-state index in [0.29, 0.717) is 0 Å². The summed E-state index contributed by atoms with van der Waals surface area (Å²) in [7, 11) is -7.08. The lowest BCUT2D eigenvalue weighted by molar-refractivity contribution is -0.146. The molecule has 0 aromatic rings. The van der Waals surface area contributed by atoms with Crippen molar-refractivity contribution in [2.24, 2.45) is 0 Å². The summed E-state index contributed by atoms with van der Waals surface area (Å²) in [6, 6.07) is 0. The number of aliphatic hydroxyl groups excluding tert-OH is 1. The number of sulfonamides is 1. The van der Waals surface area contributed by atoms with Gasteiger partial charge in [-0.25, -0.2) is 26.4 Å². The predicted molar refractivity (Wildman–Crippen MR) is 62.2 cm³/mol. The molecule has 0 radical (unpaired) electrons. The van der Waals surface area contributed by atoms with Crippen molar-refractivity contribution >= 4 is 25.8 Å². The standard InChI is InChI=1S/C8H15NO7S2/c10-7(8(11)12)1-3-9-18(15,16)6-2-4-17(13,14)5-6/h6-7,9-10H,1-5H2,(H,11,12)/t6?,7-/m0/s1. The van der Waals surface area contributed by atoms with E-state index in [1.165, 1.54) is 0 Å². The number of carboxylic acid groups (broad SMARTS) is 1. The Hall–Kier alpha value is -0.710. The quantitative estimate of drug-likeness (QED) is 0.512. The molecular formula is C8H15NO7S2. The van der Waals surface area contributed by atoms with Crippen LogP contribution in [0.4, 0.5) is 0 Å². The fraction of sp³-hybridized carbons (Fsp3) is 0.875. The highest BCUT2D eigenvalue weighted by Crippen LogP contribution is 2.18. The molecule has 1 saturated heterocycles. The second kappa shape index (κ2) is 5.51. The molecule has 1 fully saturated rings. The van der Waals surface area contributed by atoms with E-state index in [0.717, 1.165) is 0 Å². The van der Waals surface area contributed by atoms with Crippen molar-refractivity contribution in [3.63, 3.8) is 0 Å². The average molecular weight is 301 g/mol. The zero-order chi connectivity index (χ0) is 14.0. The van der Waals surface area contributed by atoms with E-state index < -0.39 is 42.9 Å². The van der Waals surface area contributed by atoms with Crippen LogP contribution in [-0.2, 0) is 24.7 Å². The van der Waals surface area contributed by atoms with E-state index in [9.17, 15) is 21.6 Å². The molecule has 1 aliphatic rings. The van der Waals surface area contributed by atoms with Crippen molar-refractivity contribution in [2.45, 2.75) is 24.2 Å². The number of aliphatic hydroxyl groups is 1. The summed E-state index contributed by atoms with van der Waals surface area (Å²) in [5, 5.41) is 16.3. The Balaban J connectivity index is 2.49. The van der Waals surface area contributed by atoms with Crippen LogP contribution in [0.3, 0.4) is 0 Å². The lowest BCUT2D eigenvalue weighted by Gasteiger charge is -2.12. The van der Waals surface area contributed by atoms with E-state index in [1.807, 2.05) is 0 Å². The Bertz CT molecular complexity index is 510. The highest BCUT2D eigenvalue weighted by molar-refractivity contribution is 7.95. The van der Waals surface area contributed by atoms with Gasteiger partial charge in [0, 0.05) is 6.54 Å². The average Bonchev–Trinajstić information content (AvgIpc) is 2.59. The first-order valence-electron chi connectivity index (χ1n) is 5.24. The van der Waals surface area contributed by atoms with Crippen LogP contribution in [0.15, 0.2) is 0 Å². The number of hydrogen-bond donors (Lipinski definition) is 3. The van der Waals surface area contributed by atoms with E-state index in [-0.39, 0.29) is 25.1 Å². The highest BCUT2D eigenvalue weighted by Gasteiger charge is 2.36. The van der Waals surface area contributed by atoms with E-state index in [4.69, 9.17) is 10.2 Å². The van der Waals surface area contributed by atoms with Crippen molar-refractivity contribution in [1.29, 1.82) is 0 Å². The van der Waals surface area contributed by atoms with Gasteiger partial charge in [-0.15, -0.1) is 0 Å². The van der Waals surface area contributed by atoms with E-state index in [2.05, 4.69) is 4.72 Å². The zero-order valence-electron chi connectivity index (χ0n) is 9.44. The van der Waals surface area contributed by atoms with Crippen molar-refractivity contribution < 1.29 is 31.8 Å². The Labute approximate surface area is 105 Å². The van der Waals surface area contributed by atoms with Crippen LogP contribution in [0.5, 0.6) is 0 Å². The van der Waals surface area contributed by atoms with Crippen LogP contribution < -0.4 is 4.72 Å². The molecule has 18 heavy (non-hydrogen) atoms. The molecule has 2 atom stereocenters. The van der Waals surface area contributed by atoms with Crippen LogP contribution >= 0.6 is 0 Å². The number of hydrogen-bond acceptors (Lipinski definition) is 6. The minimum absolute atomic E-state index is 0.0408. The molecule has 1 unspecified atom stereocenters. The zero-order valence-corrected chi connectivity index (χ0v) is 11.1. The van der Waals surface area contributed by atoms with Gasteiger partial charge >= 0.3 is 5.97 Å². The van der Waals surface area contributed by atoms with Gasteiger partial charge < -0.3 is 10.2 Å². The second-order valence-corrected chi connectivity index (χ2v) is 8.38. The van der Waals surface area contributed by atoms with Crippen LogP contribution in [0.1, 0.15) is 12.8 Å². The van der Waals surface area contributed by atoms with Gasteiger partial charge in [-0.3, -0.25) is 0 Å². The molecule has 106 valence electrons. The molecule has 1 rings (SSSR count). The lowest BCUT2D eigenvalue weighted by Crippen LogP contribution is -2.37. The molecule has 0 aromatic heterocycles. The largest absolute Gasteiger partial charge is 0.479 e. The van der Waals surface area contributed by atoms with Gasteiger partial charge in [0.05, 0.1) is 16.8 Å². The van der Waals surface area contributed by atoms with E-state index >= 15 is 0 Å². The lowest BCUT2D eigenvalue weighted by atomic mass is 10.3. The summed E-state index contributed by atoms with van der Waals surface area (Å²) in [4.78, 5) is 10.3. The molecule has 0 saturated carbocycles. The molecule has 0 amide bonds. The number of sulfone groups is 1. The molecule has 1 heterocycles. The normalized spacial score (nSPS) is 24.8. The minimum Gasteiger partial charge on any atom is -0.479 e. The number of aliphatic carboxylic acids is 1. The topological polar surface area (TPSA) is 138 Å². The molecular weight excluding hydrogens is 286 g/mol. The first kappa shape index (κ1) is 15.3. The fourth-order valence-electron chi connectivity index (χ4n) is 1.58.